The highest BCUT2D eigenvalue weighted by Crippen LogP contribution is 2.03. The van der Waals surface area contributed by atoms with Crippen LogP contribution in [-0.2, 0) is 17.6 Å². The summed E-state index contributed by atoms with van der Waals surface area (Å²) < 4.78 is 4.99. The van der Waals surface area contributed by atoms with Crippen molar-refractivity contribution in [2.45, 2.75) is 38.6 Å². The molecule has 1 aromatic rings. The van der Waals surface area contributed by atoms with Crippen molar-refractivity contribution in [2.24, 2.45) is 0 Å². The molecule has 3 N–H and O–H groups in total. The van der Waals surface area contributed by atoms with Gasteiger partial charge >= 0.3 is 0 Å². The zero-order chi connectivity index (χ0) is 13.4. The van der Waals surface area contributed by atoms with Gasteiger partial charge in [0.2, 0.25) is 11.8 Å². The van der Waals surface area contributed by atoms with E-state index < -0.39 is 6.04 Å². The summed E-state index contributed by atoms with van der Waals surface area (Å²) in [5, 5.41) is 23.9. The Hall–Kier alpha value is -1.47. The molecule has 7 nitrogen and oxygen atoms in total. The van der Waals surface area contributed by atoms with Crippen LogP contribution in [0.5, 0.6) is 0 Å². The van der Waals surface area contributed by atoms with E-state index >= 15 is 0 Å². The second-order valence-corrected chi connectivity index (χ2v) is 3.98. The highest BCUT2D eigenvalue weighted by Gasteiger charge is 2.12. The number of nitrogens with zero attached hydrogens (tertiary/aromatic N) is 2. The minimum atomic E-state index is -0.615. The van der Waals surface area contributed by atoms with E-state index in [2.05, 4.69) is 15.5 Å². The predicted molar refractivity (Wildman–Crippen MR) is 62.7 cm³/mol. The van der Waals surface area contributed by atoms with Gasteiger partial charge in [-0.05, 0) is 6.42 Å². The first-order valence-corrected chi connectivity index (χ1v) is 6.02. The first kappa shape index (κ1) is 14.6. The third-order valence-corrected chi connectivity index (χ3v) is 2.36. The number of carbonyl (C=O) groups is 1. The molecule has 0 unspecified atom stereocenters. The van der Waals surface area contributed by atoms with E-state index in [0.717, 1.165) is 12.8 Å². The lowest BCUT2D eigenvalue weighted by atomic mass is 10.2. The van der Waals surface area contributed by atoms with E-state index in [1.807, 2.05) is 6.92 Å². The minimum Gasteiger partial charge on any atom is -0.394 e. The topological polar surface area (TPSA) is 108 Å². The number of aromatic nitrogens is 2. The Morgan fingerprint density at radius 1 is 1.39 bits per heavy atom. The molecule has 0 aliphatic carbocycles. The van der Waals surface area contributed by atoms with Crippen molar-refractivity contribution in [1.29, 1.82) is 0 Å². The first-order chi connectivity index (χ1) is 8.69. The van der Waals surface area contributed by atoms with Crippen molar-refractivity contribution in [3.05, 3.63) is 11.7 Å². The molecule has 7 heteroatoms. The van der Waals surface area contributed by atoms with E-state index in [-0.39, 0.29) is 25.5 Å². The summed E-state index contributed by atoms with van der Waals surface area (Å²) in [5.74, 6) is 0.813. The lowest BCUT2D eigenvalue weighted by molar-refractivity contribution is -0.122. The van der Waals surface area contributed by atoms with Crippen molar-refractivity contribution in [1.82, 2.24) is 15.5 Å². The molecule has 0 aliphatic heterocycles. The fourth-order valence-corrected chi connectivity index (χ4v) is 1.39. The molecule has 102 valence electrons. The molecular formula is C11H19N3O4. The monoisotopic (exact) mass is 257 g/mol. The van der Waals surface area contributed by atoms with Gasteiger partial charge in [-0.2, -0.15) is 4.98 Å². The highest BCUT2D eigenvalue weighted by atomic mass is 16.5. The average Bonchev–Trinajstić information content (AvgIpc) is 2.82. The quantitative estimate of drug-likeness (QED) is 0.575. The predicted octanol–water partition coefficient (Wildman–Crippen LogP) is -0.576. The smallest absolute Gasteiger partial charge is 0.227 e. The lowest BCUT2D eigenvalue weighted by Gasteiger charge is -2.12. The molecule has 0 atom stereocenters. The Bertz CT molecular complexity index is 363. The summed E-state index contributed by atoms with van der Waals surface area (Å²) in [6.45, 7) is 1.44. The van der Waals surface area contributed by atoms with Crippen LogP contribution in [0.1, 0.15) is 31.5 Å². The van der Waals surface area contributed by atoms with Gasteiger partial charge in [0.1, 0.15) is 0 Å². The third-order valence-electron chi connectivity index (χ3n) is 2.36. The normalized spacial score (nSPS) is 10.9. The van der Waals surface area contributed by atoms with Gasteiger partial charge in [0, 0.05) is 19.3 Å². The molecule has 1 heterocycles. The van der Waals surface area contributed by atoms with Crippen LogP contribution >= 0.6 is 0 Å². The van der Waals surface area contributed by atoms with E-state index in [1.165, 1.54) is 0 Å². The number of aliphatic hydroxyl groups is 2. The number of hydrogen-bond acceptors (Lipinski definition) is 6. The summed E-state index contributed by atoms with van der Waals surface area (Å²) in [6, 6.07) is -0.615. The van der Waals surface area contributed by atoms with Gasteiger partial charge in [-0.3, -0.25) is 4.79 Å². The van der Waals surface area contributed by atoms with Gasteiger partial charge < -0.3 is 20.1 Å². The van der Waals surface area contributed by atoms with Crippen LogP contribution in [0.4, 0.5) is 0 Å². The fourth-order valence-electron chi connectivity index (χ4n) is 1.39. The number of amides is 1. The fraction of sp³-hybridized carbons (Fsp3) is 0.727. The van der Waals surface area contributed by atoms with Crippen molar-refractivity contribution >= 4 is 5.91 Å². The second-order valence-electron chi connectivity index (χ2n) is 3.98. The molecule has 0 fully saturated rings. The maximum Gasteiger partial charge on any atom is 0.227 e. The number of nitrogens with one attached hydrogen (secondary N) is 1. The number of carbonyl (C=O) groups excluding carboxylic acids is 1. The van der Waals surface area contributed by atoms with Crippen LogP contribution in [-0.4, -0.2) is 45.5 Å². The van der Waals surface area contributed by atoms with E-state index in [0.29, 0.717) is 18.1 Å². The highest BCUT2D eigenvalue weighted by molar-refractivity contribution is 5.76. The molecule has 0 saturated carbocycles. The number of aliphatic hydroxyl groups excluding tert-OH is 2. The summed E-state index contributed by atoms with van der Waals surface area (Å²) in [6.07, 6.45) is 2.23. The van der Waals surface area contributed by atoms with Gasteiger partial charge in [-0.1, -0.05) is 12.1 Å². The van der Waals surface area contributed by atoms with Crippen molar-refractivity contribution < 1.29 is 19.5 Å². The minimum absolute atomic E-state index is 0.185. The molecule has 0 spiro atoms. The Balaban J connectivity index is 2.32. The second kappa shape index (κ2) is 7.78. The first-order valence-electron chi connectivity index (χ1n) is 6.02. The van der Waals surface area contributed by atoms with Gasteiger partial charge in [0.05, 0.1) is 19.3 Å². The van der Waals surface area contributed by atoms with E-state index in [9.17, 15) is 4.79 Å². The van der Waals surface area contributed by atoms with Crippen LogP contribution < -0.4 is 5.32 Å². The Labute approximate surface area is 105 Å². The van der Waals surface area contributed by atoms with Crippen molar-refractivity contribution in [3.8, 4) is 0 Å². The molecule has 0 saturated heterocycles. The summed E-state index contributed by atoms with van der Waals surface area (Å²) in [7, 11) is 0. The van der Waals surface area contributed by atoms with E-state index in [1.54, 1.807) is 0 Å². The Morgan fingerprint density at radius 2 is 2.11 bits per heavy atom. The molecule has 1 amide bonds. The molecule has 0 aliphatic rings. The van der Waals surface area contributed by atoms with E-state index in [4.69, 9.17) is 14.7 Å². The van der Waals surface area contributed by atoms with Crippen molar-refractivity contribution in [2.75, 3.05) is 13.2 Å². The van der Waals surface area contributed by atoms with Crippen LogP contribution in [0.2, 0.25) is 0 Å². The van der Waals surface area contributed by atoms with Crippen molar-refractivity contribution in [3.63, 3.8) is 0 Å². The third kappa shape index (κ3) is 4.80. The molecule has 0 bridgehead atoms. The lowest BCUT2D eigenvalue weighted by Crippen LogP contribution is -2.40. The summed E-state index contributed by atoms with van der Waals surface area (Å²) in [5.41, 5.74) is 0. The maximum absolute atomic E-state index is 11.5. The zero-order valence-corrected chi connectivity index (χ0v) is 10.4. The summed E-state index contributed by atoms with van der Waals surface area (Å²) >= 11 is 0. The molecule has 18 heavy (non-hydrogen) atoms. The zero-order valence-electron chi connectivity index (χ0n) is 10.4. The van der Waals surface area contributed by atoms with Crippen LogP contribution in [0.3, 0.4) is 0 Å². The largest absolute Gasteiger partial charge is 0.394 e. The Morgan fingerprint density at radius 3 is 2.72 bits per heavy atom. The number of hydrogen-bond donors (Lipinski definition) is 3. The maximum atomic E-state index is 11.5. The SMILES string of the molecule is CCCc1noc(CCC(=O)NC(CO)CO)n1. The number of aryl methyl sites for hydroxylation is 2. The van der Waals surface area contributed by atoms with Crippen LogP contribution in [0.15, 0.2) is 4.52 Å². The molecule has 0 radical (unpaired) electrons. The van der Waals surface area contributed by atoms with Crippen LogP contribution in [0.25, 0.3) is 0 Å². The van der Waals surface area contributed by atoms with Gasteiger partial charge in [0.15, 0.2) is 5.82 Å². The van der Waals surface area contributed by atoms with Gasteiger partial charge in [0.25, 0.3) is 0 Å². The molecule has 0 aromatic carbocycles. The molecular weight excluding hydrogens is 238 g/mol. The summed E-state index contributed by atoms with van der Waals surface area (Å²) in [4.78, 5) is 15.6. The van der Waals surface area contributed by atoms with Crippen LogP contribution in [0, 0.1) is 0 Å². The molecule has 1 aromatic heterocycles. The molecule has 1 rings (SSSR count). The van der Waals surface area contributed by atoms with Gasteiger partial charge in [-0.15, -0.1) is 0 Å². The average molecular weight is 257 g/mol. The standard InChI is InChI=1S/C11H19N3O4/c1-2-3-9-13-11(18-14-9)5-4-10(17)12-8(6-15)7-16/h8,15-16H,2-7H2,1H3,(H,12,17). The Kier molecular flexibility index (Phi) is 6.31. The van der Waals surface area contributed by atoms with Gasteiger partial charge in [-0.25, -0.2) is 0 Å². The number of rotatable bonds is 8.